The minimum Gasteiger partial charge on any atom is -0.451 e. The van der Waals surface area contributed by atoms with Crippen LogP contribution in [0.4, 0.5) is 24.5 Å². The van der Waals surface area contributed by atoms with Crippen molar-refractivity contribution in [3.05, 3.63) is 33.9 Å². The van der Waals surface area contributed by atoms with Crippen molar-refractivity contribution in [2.24, 2.45) is 0 Å². The maximum absolute atomic E-state index is 12.6. The van der Waals surface area contributed by atoms with E-state index in [9.17, 15) is 32.9 Å². The standard InChI is InChI=1S/C14H16F3N3O5/c1-8(13(22)19(2)3)25-12(21)7-18-10-5-4-9(14(15,16)17)6-11(10)20(23)24/h4-6,8,18H,7H2,1-3H3/t8-/m1/s1. The maximum Gasteiger partial charge on any atom is 0.416 e. The van der Waals surface area contributed by atoms with Crippen molar-refractivity contribution in [2.45, 2.75) is 19.2 Å². The molecule has 0 aromatic heterocycles. The fraction of sp³-hybridized carbons (Fsp3) is 0.429. The van der Waals surface area contributed by atoms with Crippen LogP contribution in [0.5, 0.6) is 0 Å². The van der Waals surface area contributed by atoms with Gasteiger partial charge in [-0.15, -0.1) is 0 Å². The molecular weight excluding hydrogens is 347 g/mol. The zero-order chi connectivity index (χ0) is 19.4. The average Bonchev–Trinajstić information content (AvgIpc) is 2.50. The summed E-state index contributed by atoms with van der Waals surface area (Å²) in [6, 6.07) is 1.87. The summed E-state index contributed by atoms with van der Waals surface area (Å²) in [5.41, 5.74) is -2.29. The van der Waals surface area contributed by atoms with Crippen LogP contribution in [0, 0.1) is 10.1 Å². The van der Waals surface area contributed by atoms with E-state index in [4.69, 9.17) is 4.74 Å². The number of benzene rings is 1. The van der Waals surface area contributed by atoms with E-state index in [1.165, 1.54) is 25.9 Å². The number of amides is 1. The van der Waals surface area contributed by atoms with Gasteiger partial charge in [0.1, 0.15) is 12.2 Å². The highest BCUT2D eigenvalue weighted by Gasteiger charge is 2.33. The molecule has 1 aromatic carbocycles. The van der Waals surface area contributed by atoms with Crippen molar-refractivity contribution in [1.82, 2.24) is 4.90 Å². The minimum absolute atomic E-state index is 0.276. The van der Waals surface area contributed by atoms with E-state index in [-0.39, 0.29) is 5.69 Å². The van der Waals surface area contributed by atoms with Gasteiger partial charge in [-0.1, -0.05) is 0 Å². The number of halogens is 3. The number of nitro groups is 1. The number of hydrogen-bond acceptors (Lipinski definition) is 6. The number of ether oxygens (including phenoxy) is 1. The lowest BCUT2D eigenvalue weighted by atomic mass is 10.1. The van der Waals surface area contributed by atoms with E-state index in [2.05, 4.69) is 5.32 Å². The molecule has 1 amide bonds. The second-order valence-corrected chi connectivity index (χ2v) is 5.21. The number of alkyl halides is 3. The molecule has 1 rings (SSSR count). The minimum atomic E-state index is -4.73. The predicted molar refractivity (Wildman–Crippen MR) is 80.8 cm³/mol. The highest BCUT2D eigenvalue weighted by molar-refractivity contribution is 5.84. The van der Waals surface area contributed by atoms with Crippen LogP contribution in [0.2, 0.25) is 0 Å². The molecule has 0 spiro atoms. The van der Waals surface area contributed by atoms with Crippen molar-refractivity contribution in [1.29, 1.82) is 0 Å². The Labute approximate surface area is 140 Å². The van der Waals surface area contributed by atoms with E-state index in [0.717, 1.165) is 6.07 Å². The van der Waals surface area contributed by atoms with E-state index >= 15 is 0 Å². The summed E-state index contributed by atoms with van der Waals surface area (Å²) in [7, 11) is 2.94. The summed E-state index contributed by atoms with van der Waals surface area (Å²) < 4.78 is 42.7. The smallest absolute Gasteiger partial charge is 0.416 e. The molecule has 0 saturated carbocycles. The number of nitrogens with one attached hydrogen (secondary N) is 1. The van der Waals surface area contributed by atoms with Gasteiger partial charge in [-0.25, -0.2) is 0 Å². The Morgan fingerprint density at radius 3 is 2.44 bits per heavy atom. The molecule has 25 heavy (non-hydrogen) atoms. The first-order valence-electron chi connectivity index (χ1n) is 6.93. The Kier molecular flexibility index (Phi) is 6.31. The predicted octanol–water partition coefficient (Wildman–Crippen LogP) is 2.05. The molecule has 0 fully saturated rings. The fourth-order valence-electron chi connectivity index (χ4n) is 1.83. The highest BCUT2D eigenvalue weighted by atomic mass is 19.4. The van der Waals surface area contributed by atoms with Gasteiger partial charge in [-0.2, -0.15) is 13.2 Å². The molecule has 0 aliphatic rings. The maximum atomic E-state index is 12.6. The van der Waals surface area contributed by atoms with Crippen molar-refractivity contribution < 1.29 is 32.4 Å². The van der Waals surface area contributed by atoms with Gasteiger partial charge in [0.15, 0.2) is 6.10 Å². The monoisotopic (exact) mass is 363 g/mol. The largest absolute Gasteiger partial charge is 0.451 e. The normalized spacial score (nSPS) is 12.2. The molecule has 0 heterocycles. The third-order valence-corrected chi connectivity index (χ3v) is 3.04. The van der Waals surface area contributed by atoms with Gasteiger partial charge in [0.2, 0.25) is 0 Å². The number of likely N-dealkylation sites (N-methyl/N-ethyl adjacent to an activating group) is 1. The van der Waals surface area contributed by atoms with E-state index in [0.29, 0.717) is 12.1 Å². The molecule has 0 saturated heterocycles. The van der Waals surface area contributed by atoms with Crippen LogP contribution in [-0.4, -0.2) is 48.4 Å². The average molecular weight is 363 g/mol. The molecule has 0 aliphatic carbocycles. The summed E-state index contributed by atoms with van der Waals surface area (Å²) >= 11 is 0. The first kappa shape index (κ1) is 20.2. The molecule has 1 N–H and O–H groups in total. The fourth-order valence-corrected chi connectivity index (χ4v) is 1.83. The molecule has 0 bridgehead atoms. The van der Waals surface area contributed by atoms with Crippen molar-refractivity contribution >= 4 is 23.3 Å². The van der Waals surface area contributed by atoms with Gasteiger partial charge >= 0.3 is 12.1 Å². The summed E-state index contributed by atoms with van der Waals surface area (Å²) in [5, 5.41) is 13.3. The molecule has 1 atom stereocenters. The second-order valence-electron chi connectivity index (χ2n) is 5.21. The third-order valence-electron chi connectivity index (χ3n) is 3.04. The first-order chi connectivity index (χ1) is 11.4. The molecule has 1 aromatic rings. The van der Waals surface area contributed by atoms with E-state index in [1.807, 2.05) is 0 Å². The number of esters is 1. The van der Waals surface area contributed by atoms with Crippen LogP contribution in [0.25, 0.3) is 0 Å². The van der Waals surface area contributed by atoms with Crippen LogP contribution in [0.1, 0.15) is 12.5 Å². The third kappa shape index (κ3) is 5.62. The van der Waals surface area contributed by atoms with Crippen molar-refractivity contribution in [3.8, 4) is 0 Å². The highest BCUT2D eigenvalue weighted by Crippen LogP contribution is 2.34. The molecule has 138 valence electrons. The Balaban J connectivity index is 2.81. The molecule has 8 nitrogen and oxygen atoms in total. The Bertz CT molecular complexity index is 676. The van der Waals surface area contributed by atoms with Crippen LogP contribution < -0.4 is 5.32 Å². The molecule has 0 aliphatic heterocycles. The van der Waals surface area contributed by atoms with Gasteiger partial charge in [-0.3, -0.25) is 19.7 Å². The van der Waals surface area contributed by atoms with Crippen molar-refractivity contribution in [2.75, 3.05) is 26.0 Å². The first-order valence-corrected chi connectivity index (χ1v) is 6.93. The summed E-state index contributed by atoms with van der Waals surface area (Å²) in [5.74, 6) is -1.36. The number of carbonyl (C=O) groups is 2. The number of rotatable bonds is 6. The number of carbonyl (C=O) groups excluding carboxylic acids is 2. The molecule has 0 radical (unpaired) electrons. The topological polar surface area (TPSA) is 102 Å². The van der Waals surface area contributed by atoms with Gasteiger partial charge < -0.3 is 15.0 Å². The Morgan fingerprint density at radius 1 is 1.36 bits per heavy atom. The lowest BCUT2D eigenvalue weighted by molar-refractivity contribution is -0.384. The van der Waals surface area contributed by atoms with Gasteiger partial charge in [0.05, 0.1) is 10.5 Å². The van der Waals surface area contributed by atoms with E-state index < -0.39 is 46.9 Å². The summed E-state index contributed by atoms with van der Waals surface area (Å²) in [4.78, 5) is 34.4. The number of nitro benzene ring substituents is 1. The number of nitrogens with zero attached hydrogens (tertiary/aromatic N) is 2. The SMILES string of the molecule is C[C@@H](OC(=O)CNc1ccc(C(F)(F)F)cc1[N+](=O)[O-])C(=O)N(C)C. The molecular formula is C14H16F3N3O5. The number of hydrogen-bond donors (Lipinski definition) is 1. The summed E-state index contributed by atoms with van der Waals surface area (Å²) in [6.45, 7) is 0.790. The van der Waals surface area contributed by atoms with Crippen LogP contribution >= 0.6 is 0 Å². The zero-order valence-corrected chi connectivity index (χ0v) is 13.6. The molecule has 11 heteroatoms. The van der Waals surface area contributed by atoms with Crippen LogP contribution in [0.3, 0.4) is 0 Å². The number of anilines is 1. The summed E-state index contributed by atoms with van der Waals surface area (Å²) in [6.07, 6.45) is -5.80. The Hall–Kier alpha value is -2.85. The lowest BCUT2D eigenvalue weighted by Crippen LogP contribution is -2.36. The van der Waals surface area contributed by atoms with E-state index in [1.54, 1.807) is 0 Å². The molecule has 0 unspecified atom stereocenters. The van der Waals surface area contributed by atoms with Crippen molar-refractivity contribution in [3.63, 3.8) is 0 Å². The van der Waals surface area contributed by atoms with Gasteiger partial charge in [0.25, 0.3) is 11.6 Å². The zero-order valence-electron chi connectivity index (χ0n) is 13.6. The van der Waals surface area contributed by atoms with Crippen LogP contribution in [0.15, 0.2) is 18.2 Å². The quantitative estimate of drug-likeness (QED) is 0.471. The lowest BCUT2D eigenvalue weighted by Gasteiger charge is -2.17. The van der Waals surface area contributed by atoms with Gasteiger partial charge in [0, 0.05) is 20.2 Å². The second kappa shape index (κ2) is 7.81. The van der Waals surface area contributed by atoms with Gasteiger partial charge in [-0.05, 0) is 19.1 Å². The van der Waals surface area contributed by atoms with Crippen LogP contribution in [-0.2, 0) is 20.5 Å². The Morgan fingerprint density at radius 2 is 1.96 bits per heavy atom.